The van der Waals surface area contributed by atoms with Crippen molar-refractivity contribution >= 4 is 5.91 Å². The van der Waals surface area contributed by atoms with Crippen LogP contribution in [0.4, 0.5) is 4.39 Å². The third-order valence-corrected chi connectivity index (χ3v) is 2.63. The molecule has 1 amide bonds. The number of aromatic nitrogens is 3. The van der Waals surface area contributed by atoms with Crippen LogP contribution in [-0.2, 0) is 6.54 Å². The SMILES string of the molecule is O=C(NCCn1ccnn1)c1ccc(C#CCO)c(F)c1. The highest BCUT2D eigenvalue weighted by molar-refractivity contribution is 5.94. The molecule has 0 unspecified atom stereocenters. The average molecular weight is 288 g/mol. The van der Waals surface area contributed by atoms with E-state index in [-0.39, 0.29) is 23.6 Å². The summed E-state index contributed by atoms with van der Waals surface area (Å²) in [5.41, 5.74) is 0.351. The van der Waals surface area contributed by atoms with E-state index in [4.69, 9.17) is 5.11 Å². The van der Waals surface area contributed by atoms with E-state index < -0.39 is 5.82 Å². The predicted octanol–water partition coefficient (Wildman–Crippen LogP) is 0.191. The molecule has 0 fully saturated rings. The van der Waals surface area contributed by atoms with Crippen LogP contribution in [0.2, 0.25) is 0 Å². The molecule has 21 heavy (non-hydrogen) atoms. The minimum atomic E-state index is -0.597. The fourth-order valence-electron chi connectivity index (χ4n) is 1.63. The summed E-state index contributed by atoms with van der Waals surface area (Å²) in [6.07, 6.45) is 3.23. The van der Waals surface area contributed by atoms with Crippen LogP contribution in [-0.4, -0.2) is 39.2 Å². The average Bonchev–Trinajstić information content (AvgIpc) is 2.99. The summed E-state index contributed by atoms with van der Waals surface area (Å²) in [4.78, 5) is 11.9. The highest BCUT2D eigenvalue weighted by atomic mass is 19.1. The first-order valence-corrected chi connectivity index (χ1v) is 6.22. The number of carbonyl (C=O) groups excluding carboxylic acids is 1. The number of amides is 1. The van der Waals surface area contributed by atoms with Gasteiger partial charge in [0.15, 0.2) is 0 Å². The zero-order valence-corrected chi connectivity index (χ0v) is 11.1. The molecular weight excluding hydrogens is 275 g/mol. The van der Waals surface area contributed by atoms with E-state index in [1.54, 1.807) is 17.1 Å². The zero-order chi connectivity index (χ0) is 15.1. The smallest absolute Gasteiger partial charge is 0.251 e. The molecule has 0 saturated carbocycles. The van der Waals surface area contributed by atoms with Crippen molar-refractivity contribution < 1.29 is 14.3 Å². The largest absolute Gasteiger partial charge is 0.384 e. The lowest BCUT2D eigenvalue weighted by atomic mass is 10.1. The molecule has 0 spiro atoms. The molecule has 1 aromatic carbocycles. The van der Waals surface area contributed by atoms with Crippen molar-refractivity contribution in [1.29, 1.82) is 0 Å². The second-order valence-electron chi connectivity index (χ2n) is 4.08. The summed E-state index contributed by atoms with van der Waals surface area (Å²) < 4.78 is 15.3. The van der Waals surface area contributed by atoms with Crippen LogP contribution in [0.15, 0.2) is 30.6 Å². The number of aliphatic hydroxyl groups is 1. The molecule has 1 aromatic heterocycles. The van der Waals surface area contributed by atoms with Gasteiger partial charge in [-0.1, -0.05) is 17.1 Å². The minimum absolute atomic E-state index is 0.142. The zero-order valence-electron chi connectivity index (χ0n) is 11.1. The van der Waals surface area contributed by atoms with Gasteiger partial charge in [-0.3, -0.25) is 9.48 Å². The van der Waals surface area contributed by atoms with E-state index in [2.05, 4.69) is 27.5 Å². The Bertz CT molecular complexity index is 674. The van der Waals surface area contributed by atoms with Gasteiger partial charge < -0.3 is 10.4 Å². The van der Waals surface area contributed by atoms with Crippen LogP contribution in [0.3, 0.4) is 0 Å². The van der Waals surface area contributed by atoms with Gasteiger partial charge in [0, 0.05) is 18.3 Å². The van der Waals surface area contributed by atoms with Crippen molar-refractivity contribution in [2.45, 2.75) is 6.54 Å². The van der Waals surface area contributed by atoms with Crippen molar-refractivity contribution in [3.05, 3.63) is 47.5 Å². The molecule has 0 aliphatic carbocycles. The summed E-state index contributed by atoms with van der Waals surface area (Å²) in [6.45, 7) is 0.494. The highest BCUT2D eigenvalue weighted by Crippen LogP contribution is 2.09. The first-order valence-electron chi connectivity index (χ1n) is 6.22. The standard InChI is InChI=1S/C14H13FN4O2/c15-13-10-12(4-3-11(13)2-1-9-20)14(21)16-5-7-19-8-6-17-18-19/h3-4,6,8,10,20H,5,7,9H2,(H,16,21). The topological polar surface area (TPSA) is 80.0 Å². The normalized spacial score (nSPS) is 9.81. The van der Waals surface area contributed by atoms with E-state index in [1.807, 2.05) is 0 Å². The molecule has 2 rings (SSSR count). The Balaban J connectivity index is 1.94. The maximum atomic E-state index is 13.7. The first kappa shape index (κ1) is 14.7. The predicted molar refractivity (Wildman–Crippen MR) is 72.7 cm³/mol. The second-order valence-corrected chi connectivity index (χ2v) is 4.08. The molecule has 108 valence electrons. The molecule has 0 radical (unpaired) electrons. The van der Waals surface area contributed by atoms with Crippen LogP contribution in [0.1, 0.15) is 15.9 Å². The van der Waals surface area contributed by atoms with Gasteiger partial charge in [0.25, 0.3) is 5.91 Å². The van der Waals surface area contributed by atoms with Crippen molar-refractivity contribution in [3.8, 4) is 11.8 Å². The maximum absolute atomic E-state index is 13.7. The van der Waals surface area contributed by atoms with Crippen LogP contribution in [0.5, 0.6) is 0 Å². The lowest BCUT2D eigenvalue weighted by Crippen LogP contribution is -2.27. The number of nitrogens with one attached hydrogen (secondary N) is 1. The fraction of sp³-hybridized carbons (Fsp3) is 0.214. The number of benzene rings is 1. The van der Waals surface area contributed by atoms with Gasteiger partial charge in [-0.25, -0.2) is 4.39 Å². The van der Waals surface area contributed by atoms with Crippen LogP contribution < -0.4 is 5.32 Å². The third kappa shape index (κ3) is 4.12. The van der Waals surface area contributed by atoms with E-state index >= 15 is 0 Å². The van der Waals surface area contributed by atoms with Crippen molar-refractivity contribution in [3.63, 3.8) is 0 Å². The van der Waals surface area contributed by atoms with Crippen LogP contribution >= 0.6 is 0 Å². The molecule has 7 heteroatoms. The quantitative estimate of drug-likeness (QED) is 0.787. The number of hydrogen-bond acceptors (Lipinski definition) is 4. The number of nitrogens with zero attached hydrogens (tertiary/aromatic N) is 3. The Hall–Kier alpha value is -2.72. The Labute approximate surface area is 120 Å². The molecule has 0 atom stereocenters. The second kappa shape index (κ2) is 7.17. The monoisotopic (exact) mass is 288 g/mol. The molecule has 1 heterocycles. The van der Waals surface area contributed by atoms with Gasteiger partial charge in [-0.15, -0.1) is 5.10 Å². The van der Waals surface area contributed by atoms with E-state index in [1.165, 1.54) is 12.1 Å². The number of aliphatic hydroxyl groups excluding tert-OH is 1. The summed E-state index contributed by atoms with van der Waals surface area (Å²) in [5.74, 6) is 3.84. The van der Waals surface area contributed by atoms with Gasteiger partial charge >= 0.3 is 0 Å². The number of rotatable bonds is 4. The summed E-state index contributed by atoms with van der Waals surface area (Å²) in [5, 5.41) is 18.6. The van der Waals surface area contributed by atoms with Gasteiger partial charge in [0.1, 0.15) is 12.4 Å². The summed E-state index contributed by atoms with van der Waals surface area (Å²) in [6, 6.07) is 4.01. The molecular formula is C14H13FN4O2. The summed E-state index contributed by atoms with van der Waals surface area (Å²) >= 11 is 0. The number of carbonyl (C=O) groups is 1. The molecule has 0 bridgehead atoms. The van der Waals surface area contributed by atoms with Crippen LogP contribution in [0.25, 0.3) is 0 Å². The van der Waals surface area contributed by atoms with Crippen molar-refractivity contribution in [2.75, 3.05) is 13.2 Å². The Morgan fingerprint density at radius 2 is 2.33 bits per heavy atom. The molecule has 0 saturated heterocycles. The Morgan fingerprint density at radius 1 is 1.48 bits per heavy atom. The molecule has 0 aliphatic rings. The van der Waals surface area contributed by atoms with Gasteiger partial charge in [-0.2, -0.15) is 0 Å². The Morgan fingerprint density at radius 3 is 3.00 bits per heavy atom. The number of hydrogen-bond donors (Lipinski definition) is 2. The molecule has 2 aromatic rings. The third-order valence-electron chi connectivity index (χ3n) is 2.63. The van der Waals surface area contributed by atoms with Crippen molar-refractivity contribution in [2.24, 2.45) is 0 Å². The Kier molecular flexibility index (Phi) is 5.01. The van der Waals surface area contributed by atoms with E-state index in [0.717, 1.165) is 6.07 Å². The van der Waals surface area contributed by atoms with Crippen molar-refractivity contribution in [1.82, 2.24) is 20.3 Å². The van der Waals surface area contributed by atoms with E-state index in [9.17, 15) is 9.18 Å². The first-order chi connectivity index (χ1) is 10.2. The maximum Gasteiger partial charge on any atom is 0.251 e. The fourth-order valence-corrected chi connectivity index (χ4v) is 1.63. The van der Waals surface area contributed by atoms with Gasteiger partial charge in [0.2, 0.25) is 0 Å². The highest BCUT2D eigenvalue weighted by Gasteiger charge is 2.08. The van der Waals surface area contributed by atoms with E-state index in [0.29, 0.717) is 13.1 Å². The molecule has 6 nitrogen and oxygen atoms in total. The lowest BCUT2D eigenvalue weighted by Gasteiger charge is -2.05. The van der Waals surface area contributed by atoms with Gasteiger partial charge in [0.05, 0.1) is 18.3 Å². The molecule has 0 aliphatic heterocycles. The lowest BCUT2D eigenvalue weighted by molar-refractivity contribution is 0.0951. The number of halogens is 1. The van der Waals surface area contributed by atoms with Gasteiger partial charge in [-0.05, 0) is 18.2 Å². The van der Waals surface area contributed by atoms with Crippen LogP contribution in [0, 0.1) is 17.7 Å². The molecule has 2 N–H and O–H groups in total. The minimum Gasteiger partial charge on any atom is -0.384 e. The summed E-state index contributed by atoms with van der Waals surface area (Å²) in [7, 11) is 0.